The Morgan fingerprint density at radius 3 is 3.00 bits per heavy atom. The molecule has 90 valence electrons. The Morgan fingerprint density at radius 1 is 1.69 bits per heavy atom. The van der Waals surface area contributed by atoms with Crippen molar-refractivity contribution in [2.75, 3.05) is 11.9 Å². The van der Waals surface area contributed by atoms with Crippen LogP contribution in [0.15, 0.2) is 12.3 Å². The molecule has 16 heavy (non-hydrogen) atoms. The lowest BCUT2D eigenvalue weighted by Gasteiger charge is -2.08. The number of aryl methyl sites for hydroxylation is 1. The summed E-state index contributed by atoms with van der Waals surface area (Å²) in [5.41, 5.74) is 0. The van der Waals surface area contributed by atoms with Crippen LogP contribution in [0.5, 0.6) is 0 Å². The number of aromatic nitrogens is 2. The Kier molecular flexibility index (Phi) is 4.78. The number of anilines is 1. The third-order valence-electron chi connectivity index (χ3n) is 2.19. The Bertz CT molecular complexity index is 337. The standard InChI is InChI=1S/C10H18N4O2/c1-3-8(15)4-6-11-10(16)12-9-5-7-14(2)13-9/h5,7-8,15H,3-4,6H2,1-2H3,(H2,11,12,13,16). The second-order valence-electron chi connectivity index (χ2n) is 3.61. The molecule has 6 nitrogen and oxygen atoms in total. The molecule has 0 aromatic carbocycles. The molecule has 0 radical (unpaired) electrons. The second kappa shape index (κ2) is 6.12. The first kappa shape index (κ1) is 12.5. The number of nitrogens with one attached hydrogen (secondary N) is 2. The minimum Gasteiger partial charge on any atom is -0.393 e. The molecule has 3 N–H and O–H groups in total. The topological polar surface area (TPSA) is 79.2 Å². The van der Waals surface area contributed by atoms with Gasteiger partial charge in [0.15, 0.2) is 5.82 Å². The van der Waals surface area contributed by atoms with Crippen molar-refractivity contribution in [1.82, 2.24) is 15.1 Å². The number of hydrogen-bond acceptors (Lipinski definition) is 3. The van der Waals surface area contributed by atoms with Crippen LogP contribution in [0.4, 0.5) is 10.6 Å². The Labute approximate surface area is 94.6 Å². The normalized spacial score (nSPS) is 12.2. The lowest BCUT2D eigenvalue weighted by molar-refractivity contribution is 0.160. The number of rotatable bonds is 5. The van der Waals surface area contributed by atoms with Crippen LogP contribution in [0, 0.1) is 0 Å². The van der Waals surface area contributed by atoms with Crippen LogP contribution in [0.3, 0.4) is 0 Å². The molecule has 0 aliphatic rings. The van der Waals surface area contributed by atoms with E-state index in [4.69, 9.17) is 0 Å². The number of carbonyl (C=O) groups is 1. The summed E-state index contributed by atoms with van der Waals surface area (Å²) in [6, 6.07) is 1.41. The third kappa shape index (κ3) is 4.31. The highest BCUT2D eigenvalue weighted by molar-refractivity contribution is 5.88. The molecule has 1 aromatic rings. The zero-order valence-electron chi connectivity index (χ0n) is 9.60. The molecule has 1 atom stereocenters. The zero-order chi connectivity index (χ0) is 12.0. The molecular formula is C10H18N4O2. The van der Waals surface area contributed by atoms with Crippen LogP contribution in [0.25, 0.3) is 0 Å². The molecule has 0 aliphatic heterocycles. The van der Waals surface area contributed by atoms with Crippen LogP contribution in [0.1, 0.15) is 19.8 Å². The van der Waals surface area contributed by atoms with Gasteiger partial charge in [0.2, 0.25) is 0 Å². The molecule has 1 rings (SSSR count). The summed E-state index contributed by atoms with van der Waals surface area (Å²) in [5, 5.41) is 18.5. The fraction of sp³-hybridized carbons (Fsp3) is 0.600. The summed E-state index contributed by atoms with van der Waals surface area (Å²) in [5.74, 6) is 0.510. The van der Waals surface area contributed by atoms with Gasteiger partial charge in [-0.3, -0.25) is 10.00 Å². The summed E-state index contributed by atoms with van der Waals surface area (Å²) in [6.07, 6.45) is 2.65. The molecule has 0 fully saturated rings. The highest BCUT2D eigenvalue weighted by Crippen LogP contribution is 2.00. The van der Waals surface area contributed by atoms with Gasteiger partial charge in [-0.2, -0.15) is 5.10 Å². The van der Waals surface area contributed by atoms with Crippen molar-refractivity contribution < 1.29 is 9.90 Å². The van der Waals surface area contributed by atoms with Crippen molar-refractivity contribution in [3.05, 3.63) is 12.3 Å². The molecule has 1 aromatic heterocycles. The maximum Gasteiger partial charge on any atom is 0.320 e. The van der Waals surface area contributed by atoms with E-state index in [1.165, 1.54) is 0 Å². The molecule has 6 heteroatoms. The number of aliphatic hydroxyl groups is 1. The SMILES string of the molecule is CCC(O)CCNC(=O)Nc1ccn(C)n1. The van der Waals surface area contributed by atoms with Gasteiger partial charge >= 0.3 is 6.03 Å². The quantitative estimate of drug-likeness (QED) is 0.691. The van der Waals surface area contributed by atoms with Crippen LogP contribution >= 0.6 is 0 Å². The van der Waals surface area contributed by atoms with E-state index < -0.39 is 0 Å². The predicted molar refractivity (Wildman–Crippen MR) is 61.1 cm³/mol. The molecule has 1 heterocycles. The van der Waals surface area contributed by atoms with Crippen molar-refractivity contribution in [3.8, 4) is 0 Å². The average Bonchev–Trinajstić information content (AvgIpc) is 2.63. The fourth-order valence-electron chi connectivity index (χ4n) is 1.20. The van der Waals surface area contributed by atoms with Gasteiger partial charge in [-0.25, -0.2) is 4.79 Å². The van der Waals surface area contributed by atoms with E-state index in [9.17, 15) is 9.90 Å². The molecule has 0 saturated carbocycles. The minimum absolute atomic E-state index is 0.304. The molecular weight excluding hydrogens is 208 g/mol. The van der Waals surface area contributed by atoms with Crippen molar-refractivity contribution in [2.45, 2.75) is 25.9 Å². The summed E-state index contributed by atoms with van der Waals surface area (Å²) in [4.78, 5) is 11.3. The lowest BCUT2D eigenvalue weighted by Crippen LogP contribution is -2.31. The second-order valence-corrected chi connectivity index (χ2v) is 3.61. The monoisotopic (exact) mass is 226 g/mol. The van der Waals surface area contributed by atoms with E-state index in [1.807, 2.05) is 6.92 Å². The number of hydrogen-bond donors (Lipinski definition) is 3. The number of carbonyl (C=O) groups excluding carboxylic acids is 1. The highest BCUT2D eigenvalue weighted by Gasteiger charge is 2.04. The average molecular weight is 226 g/mol. The van der Waals surface area contributed by atoms with E-state index >= 15 is 0 Å². The molecule has 0 saturated heterocycles. The summed E-state index contributed by atoms with van der Waals surface area (Å²) in [6.45, 7) is 2.35. The number of aliphatic hydroxyl groups excluding tert-OH is 1. The van der Waals surface area contributed by atoms with Gasteiger partial charge in [-0.05, 0) is 12.8 Å². The number of amides is 2. The van der Waals surface area contributed by atoms with E-state index in [0.717, 1.165) is 0 Å². The van der Waals surface area contributed by atoms with E-state index in [0.29, 0.717) is 25.2 Å². The fourth-order valence-corrected chi connectivity index (χ4v) is 1.20. The summed E-state index contributed by atoms with van der Waals surface area (Å²) < 4.78 is 1.61. The van der Waals surface area contributed by atoms with Gasteiger partial charge in [-0.1, -0.05) is 6.92 Å². The van der Waals surface area contributed by atoms with E-state index in [1.54, 1.807) is 24.0 Å². The van der Waals surface area contributed by atoms with E-state index in [-0.39, 0.29) is 12.1 Å². The third-order valence-corrected chi connectivity index (χ3v) is 2.19. The van der Waals surface area contributed by atoms with Crippen LogP contribution < -0.4 is 10.6 Å². The van der Waals surface area contributed by atoms with Gasteiger partial charge < -0.3 is 10.4 Å². The molecule has 0 spiro atoms. The van der Waals surface area contributed by atoms with E-state index in [2.05, 4.69) is 15.7 Å². The largest absolute Gasteiger partial charge is 0.393 e. The van der Waals surface area contributed by atoms with Crippen LogP contribution in [-0.2, 0) is 7.05 Å². The molecule has 0 bridgehead atoms. The van der Waals surface area contributed by atoms with Crippen LogP contribution in [-0.4, -0.2) is 33.6 Å². The summed E-state index contributed by atoms with van der Waals surface area (Å²) >= 11 is 0. The predicted octanol–water partition coefficient (Wildman–Crippen LogP) is 0.703. The first-order valence-electron chi connectivity index (χ1n) is 5.34. The smallest absolute Gasteiger partial charge is 0.320 e. The minimum atomic E-state index is -0.352. The first-order valence-corrected chi connectivity index (χ1v) is 5.34. The maximum atomic E-state index is 11.3. The lowest BCUT2D eigenvalue weighted by atomic mass is 10.2. The number of nitrogens with zero attached hydrogens (tertiary/aromatic N) is 2. The maximum absolute atomic E-state index is 11.3. The molecule has 2 amide bonds. The van der Waals surface area contributed by atoms with Crippen molar-refractivity contribution in [3.63, 3.8) is 0 Å². The van der Waals surface area contributed by atoms with Crippen molar-refractivity contribution in [1.29, 1.82) is 0 Å². The molecule has 0 aliphatic carbocycles. The Morgan fingerprint density at radius 2 is 2.44 bits per heavy atom. The van der Waals surface area contributed by atoms with Crippen LogP contribution in [0.2, 0.25) is 0 Å². The van der Waals surface area contributed by atoms with Crippen molar-refractivity contribution >= 4 is 11.8 Å². The highest BCUT2D eigenvalue weighted by atomic mass is 16.3. The summed E-state index contributed by atoms with van der Waals surface area (Å²) in [7, 11) is 1.78. The van der Waals surface area contributed by atoms with Gasteiger partial charge in [0, 0.05) is 25.9 Å². The van der Waals surface area contributed by atoms with Crippen molar-refractivity contribution in [2.24, 2.45) is 7.05 Å². The zero-order valence-corrected chi connectivity index (χ0v) is 9.60. The van der Waals surface area contributed by atoms with Gasteiger partial charge in [-0.15, -0.1) is 0 Å². The van der Waals surface area contributed by atoms with Gasteiger partial charge in [0.1, 0.15) is 0 Å². The Hall–Kier alpha value is -1.56. The molecule has 1 unspecified atom stereocenters. The number of urea groups is 1. The van der Waals surface area contributed by atoms with Gasteiger partial charge in [0.25, 0.3) is 0 Å². The Balaban J connectivity index is 2.21. The van der Waals surface area contributed by atoms with Gasteiger partial charge in [0.05, 0.1) is 6.10 Å². The first-order chi connectivity index (χ1) is 7.61.